The molecule has 0 aromatic heterocycles. The lowest BCUT2D eigenvalue weighted by Crippen LogP contribution is -2.52. The summed E-state index contributed by atoms with van der Waals surface area (Å²) in [7, 11) is 0. The zero-order valence-electron chi connectivity index (χ0n) is 14.0. The Balaban J connectivity index is 2.35. The lowest BCUT2D eigenvalue weighted by molar-refractivity contribution is -0.145. The lowest BCUT2D eigenvalue weighted by atomic mass is 10.0. The Morgan fingerprint density at radius 3 is 2.65 bits per heavy atom. The fourth-order valence-electron chi connectivity index (χ4n) is 2.95. The van der Waals surface area contributed by atoms with Crippen LogP contribution in [-0.4, -0.2) is 54.9 Å². The van der Waals surface area contributed by atoms with Gasteiger partial charge in [-0.2, -0.15) is 0 Å². The SMILES string of the molecule is CCOc1ccc(C(C(=O)O)N2CCNCC2C)cc1OCC. The molecule has 2 rings (SSSR count). The van der Waals surface area contributed by atoms with E-state index in [4.69, 9.17) is 9.47 Å². The molecule has 2 atom stereocenters. The maximum atomic E-state index is 11.9. The highest BCUT2D eigenvalue weighted by Crippen LogP contribution is 2.33. The minimum atomic E-state index is -0.842. The van der Waals surface area contributed by atoms with Crippen LogP contribution in [0.3, 0.4) is 0 Å². The van der Waals surface area contributed by atoms with Gasteiger partial charge in [-0.1, -0.05) is 6.07 Å². The number of carbonyl (C=O) groups is 1. The van der Waals surface area contributed by atoms with E-state index in [0.29, 0.717) is 31.3 Å². The third-order valence-electron chi connectivity index (χ3n) is 4.00. The summed E-state index contributed by atoms with van der Waals surface area (Å²) in [6, 6.07) is 4.89. The molecule has 0 amide bonds. The molecule has 1 aromatic rings. The first-order valence-corrected chi connectivity index (χ1v) is 8.17. The van der Waals surface area contributed by atoms with Crippen molar-refractivity contribution in [1.29, 1.82) is 0 Å². The van der Waals surface area contributed by atoms with E-state index in [2.05, 4.69) is 5.32 Å². The molecule has 0 radical (unpaired) electrons. The van der Waals surface area contributed by atoms with Gasteiger partial charge in [-0.05, 0) is 38.5 Å². The minimum Gasteiger partial charge on any atom is -0.490 e. The van der Waals surface area contributed by atoms with Crippen LogP contribution in [-0.2, 0) is 4.79 Å². The Labute approximate surface area is 137 Å². The number of hydrogen-bond donors (Lipinski definition) is 2. The second-order valence-electron chi connectivity index (χ2n) is 5.60. The number of hydrogen-bond acceptors (Lipinski definition) is 5. The van der Waals surface area contributed by atoms with Crippen LogP contribution in [0.1, 0.15) is 32.4 Å². The summed E-state index contributed by atoms with van der Waals surface area (Å²) in [5.41, 5.74) is 0.721. The van der Waals surface area contributed by atoms with Gasteiger partial charge < -0.3 is 19.9 Å². The number of nitrogens with zero attached hydrogens (tertiary/aromatic N) is 1. The number of aliphatic carboxylic acids is 1. The third kappa shape index (κ3) is 4.14. The topological polar surface area (TPSA) is 71.0 Å². The van der Waals surface area contributed by atoms with Crippen molar-refractivity contribution in [3.05, 3.63) is 23.8 Å². The van der Waals surface area contributed by atoms with Gasteiger partial charge in [0, 0.05) is 25.7 Å². The third-order valence-corrected chi connectivity index (χ3v) is 4.00. The van der Waals surface area contributed by atoms with Gasteiger partial charge in [-0.3, -0.25) is 9.69 Å². The highest BCUT2D eigenvalue weighted by molar-refractivity contribution is 5.76. The van der Waals surface area contributed by atoms with Gasteiger partial charge in [0.25, 0.3) is 0 Å². The summed E-state index contributed by atoms with van der Waals surface area (Å²) in [6.45, 7) is 9.18. The van der Waals surface area contributed by atoms with E-state index in [1.165, 1.54) is 0 Å². The molecule has 1 aliphatic rings. The number of carboxylic acids is 1. The predicted octanol–water partition coefficient (Wildman–Crippen LogP) is 1.90. The van der Waals surface area contributed by atoms with Crippen molar-refractivity contribution in [3.8, 4) is 11.5 Å². The first kappa shape index (κ1) is 17.6. The van der Waals surface area contributed by atoms with Crippen LogP contribution < -0.4 is 14.8 Å². The van der Waals surface area contributed by atoms with Crippen molar-refractivity contribution in [1.82, 2.24) is 10.2 Å². The van der Waals surface area contributed by atoms with Gasteiger partial charge in [0.1, 0.15) is 6.04 Å². The summed E-state index contributed by atoms with van der Waals surface area (Å²) in [4.78, 5) is 13.9. The van der Waals surface area contributed by atoms with Crippen LogP contribution >= 0.6 is 0 Å². The molecule has 2 unspecified atom stereocenters. The summed E-state index contributed by atoms with van der Waals surface area (Å²) in [6.07, 6.45) is 0. The van der Waals surface area contributed by atoms with Gasteiger partial charge >= 0.3 is 5.97 Å². The highest BCUT2D eigenvalue weighted by Gasteiger charge is 2.32. The molecular formula is C17H26N2O4. The average Bonchev–Trinajstić information content (AvgIpc) is 2.52. The monoisotopic (exact) mass is 322 g/mol. The predicted molar refractivity (Wildman–Crippen MR) is 88.2 cm³/mol. The van der Waals surface area contributed by atoms with Crippen LogP contribution in [0, 0.1) is 0 Å². The summed E-state index contributed by atoms with van der Waals surface area (Å²) in [5, 5.41) is 13.0. The van der Waals surface area contributed by atoms with E-state index >= 15 is 0 Å². The largest absolute Gasteiger partial charge is 0.490 e. The Morgan fingerprint density at radius 2 is 2.04 bits per heavy atom. The molecule has 6 nitrogen and oxygen atoms in total. The quantitative estimate of drug-likeness (QED) is 0.799. The maximum absolute atomic E-state index is 11.9. The molecule has 0 spiro atoms. The Morgan fingerprint density at radius 1 is 1.35 bits per heavy atom. The molecule has 0 bridgehead atoms. The molecule has 0 aliphatic carbocycles. The van der Waals surface area contributed by atoms with E-state index < -0.39 is 12.0 Å². The number of benzene rings is 1. The Bertz CT molecular complexity index is 535. The Hall–Kier alpha value is -1.79. The van der Waals surface area contributed by atoms with Crippen LogP contribution in [0.15, 0.2) is 18.2 Å². The first-order valence-electron chi connectivity index (χ1n) is 8.17. The first-order chi connectivity index (χ1) is 11.1. The molecular weight excluding hydrogens is 296 g/mol. The molecule has 1 aliphatic heterocycles. The van der Waals surface area contributed by atoms with Crippen LogP contribution in [0.5, 0.6) is 11.5 Å². The number of rotatable bonds is 7. The zero-order chi connectivity index (χ0) is 16.8. The summed E-state index contributed by atoms with van der Waals surface area (Å²) < 4.78 is 11.2. The molecule has 1 fully saturated rings. The van der Waals surface area contributed by atoms with Crippen molar-refractivity contribution in [2.45, 2.75) is 32.9 Å². The second-order valence-corrected chi connectivity index (χ2v) is 5.60. The van der Waals surface area contributed by atoms with Crippen molar-refractivity contribution in [3.63, 3.8) is 0 Å². The number of ether oxygens (including phenoxy) is 2. The number of piperazine rings is 1. The molecule has 0 saturated carbocycles. The van der Waals surface area contributed by atoms with E-state index in [9.17, 15) is 9.90 Å². The molecule has 128 valence electrons. The highest BCUT2D eigenvalue weighted by atomic mass is 16.5. The standard InChI is InChI=1S/C17H26N2O4/c1-4-22-14-7-6-13(10-15(14)23-5-2)16(17(20)21)19-9-8-18-11-12(19)3/h6-7,10,12,16,18H,4-5,8-9,11H2,1-3H3,(H,20,21). The minimum absolute atomic E-state index is 0.159. The van der Waals surface area contributed by atoms with Crippen molar-refractivity contribution in [2.24, 2.45) is 0 Å². The van der Waals surface area contributed by atoms with E-state index in [1.807, 2.05) is 31.7 Å². The second kappa shape index (κ2) is 8.17. The molecule has 1 aromatic carbocycles. The van der Waals surface area contributed by atoms with Crippen molar-refractivity contribution >= 4 is 5.97 Å². The zero-order valence-corrected chi connectivity index (χ0v) is 14.0. The smallest absolute Gasteiger partial charge is 0.325 e. The fraction of sp³-hybridized carbons (Fsp3) is 0.588. The molecule has 1 saturated heterocycles. The number of nitrogens with one attached hydrogen (secondary N) is 1. The summed E-state index contributed by atoms with van der Waals surface area (Å²) in [5.74, 6) is 0.404. The van der Waals surface area contributed by atoms with Crippen LogP contribution in [0.25, 0.3) is 0 Å². The van der Waals surface area contributed by atoms with Gasteiger partial charge in [0.2, 0.25) is 0 Å². The van der Waals surface area contributed by atoms with Gasteiger partial charge in [0.05, 0.1) is 13.2 Å². The number of carboxylic acid groups (broad SMARTS) is 1. The van der Waals surface area contributed by atoms with Gasteiger partial charge in [-0.15, -0.1) is 0 Å². The molecule has 1 heterocycles. The van der Waals surface area contributed by atoms with Crippen molar-refractivity contribution < 1.29 is 19.4 Å². The summed E-state index contributed by atoms with van der Waals surface area (Å²) >= 11 is 0. The van der Waals surface area contributed by atoms with E-state index in [1.54, 1.807) is 12.1 Å². The molecule has 2 N–H and O–H groups in total. The Kier molecular flexibility index (Phi) is 6.24. The molecule has 23 heavy (non-hydrogen) atoms. The van der Waals surface area contributed by atoms with E-state index in [-0.39, 0.29) is 6.04 Å². The van der Waals surface area contributed by atoms with Crippen LogP contribution in [0.4, 0.5) is 0 Å². The molecule has 6 heteroatoms. The van der Waals surface area contributed by atoms with Gasteiger partial charge in [0.15, 0.2) is 11.5 Å². The van der Waals surface area contributed by atoms with Crippen LogP contribution in [0.2, 0.25) is 0 Å². The normalized spacial score (nSPS) is 20.0. The van der Waals surface area contributed by atoms with E-state index in [0.717, 1.165) is 18.7 Å². The average molecular weight is 322 g/mol. The fourth-order valence-corrected chi connectivity index (χ4v) is 2.95. The maximum Gasteiger partial charge on any atom is 0.325 e. The van der Waals surface area contributed by atoms with Gasteiger partial charge in [-0.25, -0.2) is 0 Å². The van der Waals surface area contributed by atoms with Crippen molar-refractivity contribution in [2.75, 3.05) is 32.8 Å². The lowest BCUT2D eigenvalue weighted by Gasteiger charge is -2.38.